The fourth-order valence-corrected chi connectivity index (χ4v) is 4.22. The van der Waals surface area contributed by atoms with Crippen molar-refractivity contribution in [3.05, 3.63) is 100.0 Å². The third-order valence-corrected chi connectivity index (χ3v) is 6.25. The van der Waals surface area contributed by atoms with Gasteiger partial charge in [0.25, 0.3) is 0 Å². The van der Waals surface area contributed by atoms with Crippen LogP contribution >= 0.6 is 27.5 Å². The highest BCUT2D eigenvalue weighted by molar-refractivity contribution is 9.10. The van der Waals surface area contributed by atoms with Crippen molar-refractivity contribution in [3.63, 3.8) is 0 Å². The summed E-state index contributed by atoms with van der Waals surface area (Å²) < 4.78 is 1.07. The molecule has 0 atom stereocenters. The van der Waals surface area contributed by atoms with Gasteiger partial charge in [-0.25, -0.2) is 4.98 Å². The van der Waals surface area contributed by atoms with E-state index in [4.69, 9.17) is 16.6 Å². The second-order valence-electron chi connectivity index (χ2n) is 7.73. The van der Waals surface area contributed by atoms with Gasteiger partial charge in [0.05, 0.1) is 11.4 Å². The van der Waals surface area contributed by atoms with Gasteiger partial charge in [0.1, 0.15) is 0 Å². The van der Waals surface area contributed by atoms with E-state index >= 15 is 0 Å². The van der Waals surface area contributed by atoms with Crippen molar-refractivity contribution >= 4 is 27.5 Å². The Morgan fingerprint density at radius 2 is 1.39 bits per heavy atom. The SMILES string of the molecule is CCCCCc1cc(-c2ccc(Cl)cc2)c(-c2ccccc2)nc1-c1ccc(Br)cc1. The molecule has 0 aliphatic carbocycles. The van der Waals surface area contributed by atoms with E-state index in [1.165, 1.54) is 18.4 Å². The number of halogens is 2. The lowest BCUT2D eigenvalue weighted by atomic mass is 9.93. The summed E-state index contributed by atoms with van der Waals surface area (Å²) in [6.07, 6.45) is 4.60. The average molecular weight is 491 g/mol. The van der Waals surface area contributed by atoms with Crippen molar-refractivity contribution in [2.75, 3.05) is 0 Å². The molecule has 0 fully saturated rings. The van der Waals surface area contributed by atoms with Gasteiger partial charge in [0, 0.05) is 26.2 Å². The summed E-state index contributed by atoms with van der Waals surface area (Å²) >= 11 is 9.73. The van der Waals surface area contributed by atoms with E-state index in [9.17, 15) is 0 Å². The Morgan fingerprint density at radius 1 is 0.742 bits per heavy atom. The van der Waals surface area contributed by atoms with Gasteiger partial charge in [0.2, 0.25) is 0 Å². The Kier molecular flexibility index (Phi) is 7.21. The molecule has 0 aliphatic heterocycles. The maximum absolute atomic E-state index is 6.17. The molecule has 0 aliphatic rings. The molecule has 0 saturated heterocycles. The van der Waals surface area contributed by atoms with Crippen molar-refractivity contribution in [1.82, 2.24) is 4.98 Å². The lowest BCUT2D eigenvalue weighted by molar-refractivity contribution is 0.717. The minimum atomic E-state index is 0.743. The summed E-state index contributed by atoms with van der Waals surface area (Å²) in [6.45, 7) is 2.24. The number of hydrogen-bond donors (Lipinski definition) is 0. The number of nitrogens with zero attached hydrogens (tertiary/aromatic N) is 1. The second kappa shape index (κ2) is 10.3. The Morgan fingerprint density at radius 3 is 2.06 bits per heavy atom. The van der Waals surface area contributed by atoms with E-state index in [-0.39, 0.29) is 0 Å². The summed E-state index contributed by atoms with van der Waals surface area (Å²) in [7, 11) is 0. The topological polar surface area (TPSA) is 12.9 Å². The van der Waals surface area contributed by atoms with E-state index in [0.29, 0.717) is 0 Å². The first-order chi connectivity index (χ1) is 15.2. The van der Waals surface area contributed by atoms with E-state index < -0.39 is 0 Å². The van der Waals surface area contributed by atoms with Crippen LogP contribution in [0.5, 0.6) is 0 Å². The van der Waals surface area contributed by atoms with Gasteiger partial charge in [0.15, 0.2) is 0 Å². The predicted octanol–water partition coefficient (Wildman–Crippen LogP) is 9.23. The minimum absolute atomic E-state index is 0.743. The molecular formula is C28H25BrClN. The molecule has 1 heterocycles. The molecule has 0 radical (unpaired) electrons. The Balaban J connectivity index is 1.93. The molecule has 4 aromatic rings. The molecule has 0 saturated carbocycles. The zero-order valence-corrected chi connectivity index (χ0v) is 20.0. The van der Waals surface area contributed by atoms with Gasteiger partial charge in [-0.2, -0.15) is 0 Å². The number of pyridine rings is 1. The van der Waals surface area contributed by atoms with E-state index in [2.05, 4.69) is 89.6 Å². The largest absolute Gasteiger partial charge is 0.247 e. The van der Waals surface area contributed by atoms with Crippen molar-refractivity contribution in [2.45, 2.75) is 32.6 Å². The first kappa shape index (κ1) is 21.8. The van der Waals surface area contributed by atoms with Gasteiger partial charge < -0.3 is 0 Å². The van der Waals surface area contributed by atoms with Gasteiger partial charge in [-0.15, -0.1) is 0 Å². The van der Waals surface area contributed by atoms with Crippen LogP contribution in [0.15, 0.2) is 89.4 Å². The van der Waals surface area contributed by atoms with Gasteiger partial charge in [-0.1, -0.05) is 102 Å². The Bertz CT molecular complexity index is 1140. The van der Waals surface area contributed by atoms with Crippen molar-refractivity contribution in [3.8, 4) is 33.6 Å². The highest BCUT2D eigenvalue weighted by Crippen LogP contribution is 2.36. The van der Waals surface area contributed by atoms with Crippen LogP contribution < -0.4 is 0 Å². The number of benzene rings is 3. The summed E-state index contributed by atoms with van der Waals surface area (Å²) in [5.74, 6) is 0. The quantitative estimate of drug-likeness (QED) is 0.235. The van der Waals surface area contributed by atoms with Crippen molar-refractivity contribution in [2.24, 2.45) is 0 Å². The van der Waals surface area contributed by atoms with Crippen LogP contribution in [0.2, 0.25) is 5.02 Å². The van der Waals surface area contributed by atoms with E-state index in [1.807, 2.05) is 18.2 Å². The van der Waals surface area contributed by atoms with Crippen LogP contribution in [0.25, 0.3) is 33.6 Å². The van der Waals surface area contributed by atoms with Crippen LogP contribution in [0.1, 0.15) is 31.7 Å². The third-order valence-electron chi connectivity index (χ3n) is 5.47. The fraction of sp³-hybridized carbons (Fsp3) is 0.179. The number of rotatable bonds is 7. The van der Waals surface area contributed by atoms with Crippen LogP contribution in [0.4, 0.5) is 0 Å². The highest BCUT2D eigenvalue weighted by Gasteiger charge is 2.16. The molecule has 4 rings (SSSR count). The molecular weight excluding hydrogens is 466 g/mol. The number of aromatic nitrogens is 1. The lowest BCUT2D eigenvalue weighted by Gasteiger charge is -2.17. The van der Waals surface area contributed by atoms with E-state index in [0.717, 1.165) is 56.0 Å². The molecule has 3 aromatic carbocycles. The molecule has 31 heavy (non-hydrogen) atoms. The monoisotopic (exact) mass is 489 g/mol. The van der Waals surface area contributed by atoms with E-state index in [1.54, 1.807) is 0 Å². The predicted molar refractivity (Wildman–Crippen MR) is 136 cm³/mol. The van der Waals surface area contributed by atoms with Crippen LogP contribution in [-0.4, -0.2) is 4.98 Å². The first-order valence-corrected chi connectivity index (χ1v) is 11.9. The summed E-state index contributed by atoms with van der Waals surface area (Å²) in [6, 6.07) is 29.3. The Hall–Kier alpha value is -2.42. The summed E-state index contributed by atoms with van der Waals surface area (Å²) in [4.78, 5) is 5.27. The molecule has 0 amide bonds. The van der Waals surface area contributed by atoms with Crippen molar-refractivity contribution in [1.29, 1.82) is 0 Å². The molecule has 156 valence electrons. The molecule has 0 unspecified atom stereocenters. The standard InChI is InChI=1S/C28H25BrClN/c1-2-3-5-10-23-19-26(20-13-17-25(30)18-14-20)28(21-8-6-4-7-9-21)31-27(23)22-11-15-24(29)16-12-22/h4,6-9,11-19H,2-3,5,10H2,1H3. The first-order valence-electron chi connectivity index (χ1n) is 10.8. The number of aryl methyl sites for hydroxylation is 1. The van der Waals surface area contributed by atoms with Crippen molar-refractivity contribution < 1.29 is 0 Å². The smallest absolute Gasteiger partial charge is 0.0788 e. The Labute approximate surface area is 198 Å². The molecule has 0 bridgehead atoms. The molecule has 1 nitrogen and oxygen atoms in total. The molecule has 3 heteroatoms. The maximum Gasteiger partial charge on any atom is 0.0788 e. The van der Waals surface area contributed by atoms with Crippen LogP contribution in [0, 0.1) is 0 Å². The summed E-state index contributed by atoms with van der Waals surface area (Å²) in [5, 5.41) is 0.743. The van der Waals surface area contributed by atoms with Crippen LogP contribution in [0.3, 0.4) is 0 Å². The average Bonchev–Trinajstić information content (AvgIpc) is 2.81. The normalized spacial score (nSPS) is 10.9. The molecule has 0 spiro atoms. The third kappa shape index (κ3) is 5.26. The number of hydrogen-bond acceptors (Lipinski definition) is 1. The van der Waals surface area contributed by atoms with Gasteiger partial charge in [-0.05, 0) is 54.3 Å². The number of unbranched alkanes of at least 4 members (excludes halogenated alkanes) is 2. The zero-order chi connectivity index (χ0) is 21.6. The van der Waals surface area contributed by atoms with Gasteiger partial charge in [-0.3, -0.25) is 0 Å². The minimum Gasteiger partial charge on any atom is -0.247 e. The zero-order valence-electron chi connectivity index (χ0n) is 17.6. The second-order valence-corrected chi connectivity index (χ2v) is 9.08. The fourth-order valence-electron chi connectivity index (χ4n) is 3.83. The molecule has 0 N–H and O–H groups in total. The van der Waals surface area contributed by atoms with Gasteiger partial charge >= 0.3 is 0 Å². The highest BCUT2D eigenvalue weighted by atomic mass is 79.9. The lowest BCUT2D eigenvalue weighted by Crippen LogP contribution is -1.99. The van der Waals surface area contributed by atoms with Crippen LogP contribution in [-0.2, 0) is 6.42 Å². The maximum atomic E-state index is 6.17. The summed E-state index contributed by atoms with van der Waals surface area (Å²) in [5.41, 5.74) is 7.91. The molecule has 1 aromatic heterocycles.